The smallest absolute Gasteiger partial charge is 0.124 e. The van der Waals surface area contributed by atoms with Gasteiger partial charge in [-0.2, -0.15) is 0 Å². The summed E-state index contributed by atoms with van der Waals surface area (Å²) in [6.45, 7) is 2.16. The molecule has 0 aliphatic heterocycles. The molecule has 0 saturated heterocycles. The van der Waals surface area contributed by atoms with Crippen LogP contribution in [0, 0.1) is 11.7 Å². The second kappa shape index (κ2) is 10.1. The number of aromatic nitrogens is 3. The molecule has 0 atom stereocenters. The van der Waals surface area contributed by atoms with Crippen molar-refractivity contribution in [3.63, 3.8) is 0 Å². The van der Waals surface area contributed by atoms with Crippen LogP contribution in [0.1, 0.15) is 67.1 Å². The molecule has 2 aromatic heterocycles. The lowest BCUT2D eigenvalue weighted by Gasteiger charge is -2.15. The Balaban J connectivity index is 1.38. The molecule has 0 bridgehead atoms. The number of fused-ring (bicyclic) bond motifs is 1. The Bertz CT molecular complexity index is 1220. The maximum atomic E-state index is 14.3. The quantitative estimate of drug-likeness (QED) is 0.444. The summed E-state index contributed by atoms with van der Waals surface area (Å²) in [5, 5.41) is 3.47. The number of hydrogen-bond acceptors (Lipinski definition) is 5. The summed E-state index contributed by atoms with van der Waals surface area (Å²) >= 11 is 0. The summed E-state index contributed by atoms with van der Waals surface area (Å²) in [5.74, 6) is 2.29. The molecule has 34 heavy (non-hydrogen) atoms. The Labute approximate surface area is 200 Å². The highest BCUT2D eigenvalue weighted by Gasteiger charge is 2.29. The molecule has 1 aromatic carbocycles. The van der Waals surface area contributed by atoms with Crippen molar-refractivity contribution in [3.05, 3.63) is 65.1 Å². The molecular weight excluding hydrogens is 427 g/mol. The topological polar surface area (TPSA) is 81.1 Å². The molecule has 0 amide bonds. The molecule has 0 radical (unpaired) electrons. The van der Waals surface area contributed by atoms with E-state index >= 15 is 0 Å². The van der Waals surface area contributed by atoms with Gasteiger partial charge in [0.1, 0.15) is 11.6 Å². The zero-order chi connectivity index (χ0) is 23.5. The van der Waals surface area contributed by atoms with E-state index in [1.165, 1.54) is 56.6 Å². The summed E-state index contributed by atoms with van der Waals surface area (Å²) in [6.07, 6.45) is 12.6. The Kier molecular flexibility index (Phi) is 6.72. The van der Waals surface area contributed by atoms with Gasteiger partial charge in [-0.1, -0.05) is 12.8 Å². The van der Waals surface area contributed by atoms with Gasteiger partial charge < -0.3 is 15.6 Å². The predicted molar refractivity (Wildman–Crippen MR) is 135 cm³/mol. The molecule has 2 fully saturated rings. The maximum absolute atomic E-state index is 14.3. The van der Waals surface area contributed by atoms with Gasteiger partial charge in [-0.25, -0.2) is 9.37 Å². The first-order chi connectivity index (χ1) is 16.7. The highest BCUT2D eigenvalue weighted by molar-refractivity contribution is 6.09. The normalized spacial score (nSPS) is 17.4. The lowest BCUT2D eigenvalue weighted by molar-refractivity contribution is 0.558. The Morgan fingerprint density at radius 1 is 1.21 bits per heavy atom. The van der Waals surface area contributed by atoms with Gasteiger partial charge in [0.05, 0.1) is 16.7 Å². The summed E-state index contributed by atoms with van der Waals surface area (Å²) in [7, 11) is 1.67. The van der Waals surface area contributed by atoms with Gasteiger partial charge in [-0.05, 0) is 67.0 Å². The summed E-state index contributed by atoms with van der Waals surface area (Å²) in [4.78, 5) is 13.8. The molecule has 6 nitrogen and oxygen atoms in total. The van der Waals surface area contributed by atoms with E-state index in [1.54, 1.807) is 19.3 Å². The van der Waals surface area contributed by atoms with Crippen LogP contribution in [0.3, 0.4) is 0 Å². The molecule has 5 rings (SSSR count). The fourth-order valence-corrected chi connectivity index (χ4v) is 5.13. The lowest BCUT2D eigenvalue weighted by atomic mass is 10.0. The van der Waals surface area contributed by atoms with E-state index in [0.717, 1.165) is 34.8 Å². The molecule has 3 aromatic rings. The number of pyridine rings is 1. The molecular formula is C27H33FN6. The number of nitrogens with two attached hydrogens (primary N) is 1. The predicted octanol–water partition coefficient (Wildman–Crippen LogP) is 4.93. The number of benzene rings is 1. The Morgan fingerprint density at radius 3 is 2.76 bits per heavy atom. The van der Waals surface area contributed by atoms with Crippen molar-refractivity contribution in [1.82, 2.24) is 19.9 Å². The van der Waals surface area contributed by atoms with Gasteiger partial charge in [0.25, 0.3) is 0 Å². The second-order valence-electron chi connectivity index (χ2n) is 9.59. The Hall–Kier alpha value is -3.06. The van der Waals surface area contributed by atoms with Crippen LogP contribution in [0.2, 0.25) is 0 Å². The van der Waals surface area contributed by atoms with Crippen LogP contribution in [0.25, 0.3) is 16.6 Å². The number of nitrogens with one attached hydrogen (secondary N) is 1. The minimum atomic E-state index is -0.290. The van der Waals surface area contributed by atoms with Crippen molar-refractivity contribution in [1.29, 1.82) is 0 Å². The zero-order valence-corrected chi connectivity index (χ0v) is 19.8. The van der Waals surface area contributed by atoms with Crippen LogP contribution in [0.5, 0.6) is 0 Å². The van der Waals surface area contributed by atoms with Gasteiger partial charge >= 0.3 is 0 Å². The minimum absolute atomic E-state index is 0.290. The zero-order valence-electron chi connectivity index (χ0n) is 19.8. The van der Waals surface area contributed by atoms with Crippen LogP contribution in [-0.4, -0.2) is 27.8 Å². The fourth-order valence-electron chi connectivity index (χ4n) is 5.13. The van der Waals surface area contributed by atoms with Crippen LogP contribution in [0.15, 0.2) is 41.7 Å². The molecule has 3 N–H and O–H groups in total. The molecule has 0 unspecified atom stereocenters. The first kappa shape index (κ1) is 22.7. The molecule has 2 aliphatic carbocycles. The number of imidazole rings is 1. The van der Waals surface area contributed by atoms with Crippen LogP contribution in [-0.2, 0) is 19.6 Å². The van der Waals surface area contributed by atoms with E-state index in [0.29, 0.717) is 30.1 Å². The Morgan fingerprint density at radius 2 is 2.03 bits per heavy atom. The van der Waals surface area contributed by atoms with Crippen LogP contribution in [0.4, 0.5) is 4.39 Å². The van der Waals surface area contributed by atoms with E-state index in [-0.39, 0.29) is 5.82 Å². The third-order valence-corrected chi connectivity index (χ3v) is 6.98. The standard InChI is InChI=1S/C27H33FN6/c1-30-15-22(13-29)21-10-19(11-23(28)12-21)14-31-16-25-26-24(8-9-32-25)33-27(20-4-2-3-5-20)34(26)17-18-6-7-18/h8-13,15,18,20,31H,2-7,14,16-17,29H2,1H3. The van der Waals surface area contributed by atoms with E-state index in [9.17, 15) is 4.39 Å². The van der Waals surface area contributed by atoms with Crippen molar-refractivity contribution in [2.45, 2.75) is 64.1 Å². The number of aliphatic imine (C=N–C) groups is 1. The number of rotatable bonds is 9. The van der Waals surface area contributed by atoms with Gasteiger partial charge in [0.2, 0.25) is 0 Å². The molecule has 7 heteroatoms. The van der Waals surface area contributed by atoms with Crippen LogP contribution >= 0.6 is 0 Å². The highest BCUT2D eigenvalue weighted by Crippen LogP contribution is 2.38. The summed E-state index contributed by atoms with van der Waals surface area (Å²) < 4.78 is 16.8. The van der Waals surface area contributed by atoms with Crippen molar-refractivity contribution in [2.75, 3.05) is 7.05 Å². The fraction of sp³-hybridized carbons (Fsp3) is 0.444. The maximum Gasteiger partial charge on any atom is 0.124 e. The monoisotopic (exact) mass is 460 g/mol. The van der Waals surface area contributed by atoms with Crippen molar-refractivity contribution < 1.29 is 4.39 Å². The van der Waals surface area contributed by atoms with E-state index in [4.69, 9.17) is 15.7 Å². The SMILES string of the molecule is CN=CC(=CN)c1cc(F)cc(CNCc2nccc3nc(C4CCCC4)n(CC4CC4)c23)c1. The van der Waals surface area contributed by atoms with E-state index < -0.39 is 0 Å². The number of hydrogen-bond donors (Lipinski definition) is 2. The average molecular weight is 461 g/mol. The highest BCUT2D eigenvalue weighted by atomic mass is 19.1. The average Bonchev–Trinajstić information content (AvgIpc) is 3.33. The van der Waals surface area contributed by atoms with Gasteiger partial charge in [0, 0.05) is 56.8 Å². The van der Waals surface area contributed by atoms with Gasteiger partial charge in [0.15, 0.2) is 0 Å². The second-order valence-corrected chi connectivity index (χ2v) is 9.59. The van der Waals surface area contributed by atoms with Crippen molar-refractivity contribution in [2.24, 2.45) is 16.6 Å². The largest absolute Gasteiger partial charge is 0.404 e. The first-order valence-electron chi connectivity index (χ1n) is 12.3. The lowest BCUT2D eigenvalue weighted by Crippen LogP contribution is -2.16. The third kappa shape index (κ3) is 4.89. The minimum Gasteiger partial charge on any atom is -0.404 e. The molecule has 178 valence electrons. The van der Waals surface area contributed by atoms with Gasteiger partial charge in [-0.15, -0.1) is 0 Å². The number of nitrogens with zero attached hydrogens (tertiary/aromatic N) is 4. The third-order valence-electron chi connectivity index (χ3n) is 6.98. The number of allylic oxidation sites excluding steroid dienone is 1. The van der Waals surface area contributed by atoms with E-state index in [1.807, 2.05) is 18.3 Å². The number of halogens is 1. The van der Waals surface area contributed by atoms with Crippen molar-refractivity contribution >= 4 is 22.8 Å². The summed E-state index contributed by atoms with van der Waals surface area (Å²) in [5.41, 5.74) is 11.2. The van der Waals surface area contributed by atoms with Crippen LogP contribution < -0.4 is 11.1 Å². The first-order valence-corrected chi connectivity index (χ1v) is 12.3. The molecule has 0 spiro atoms. The van der Waals surface area contributed by atoms with Gasteiger partial charge in [-0.3, -0.25) is 9.98 Å². The van der Waals surface area contributed by atoms with Crippen molar-refractivity contribution in [3.8, 4) is 0 Å². The molecule has 2 saturated carbocycles. The summed E-state index contributed by atoms with van der Waals surface area (Å²) in [6, 6.07) is 7.01. The molecule has 2 aliphatic rings. The molecule has 2 heterocycles. The van der Waals surface area contributed by atoms with E-state index in [2.05, 4.69) is 14.9 Å².